The number of aromatic nitrogens is 1. The predicted octanol–water partition coefficient (Wildman–Crippen LogP) is 1.71. The number of halogens is 1. The highest BCUT2D eigenvalue weighted by molar-refractivity contribution is 6.29. The van der Waals surface area contributed by atoms with Crippen LogP contribution in [0.3, 0.4) is 0 Å². The Morgan fingerprint density at radius 1 is 1.62 bits per heavy atom. The second-order valence-electron chi connectivity index (χ2n) is 2.47. The molecule has 0 amide bonds. The van der Waals surface area contributed by atoms with Gasteiger partial charge in [0, 0.05) is 13.1 Å². The second-order valence-corrected chi connectivity index (χ2v) is 2.86. The van der Waals surface area contributed by atoms with E-state index in [9.17, 15) is 0 Å². The summed E-state index contributed by atoms with van der Waals surface area (Å²) in [6, 6.07) is 1.68. The van der Waals surface area contributed by atoms with E-state index in [1.165, 1.54) is 0 Å². The van der Waals surface area contributed by atoms with Crippen LogP contribution in [-0.2, 0) is 0 Å². The largest absolute Gasteiger partial charge is 0.475 e. The van der Waals surface area contributed by atoms with E-state index in [2.05, 4.69) is 10.3 Å². The highest BCUT2D eigenvalue weighted by Gasteiger charge is 2.18. The molecule has 69 valence electrons. The average molecular weight is 200 g/mol. The monoisotopic (exact) mass is 199 g/mol. The number of rotatable bonds is 1. The van der Waals surface area contributed by atoms with Gasteiger partial charge >= 0.3 is 0 Å². The lowest BCUT2D eigenvalue weighted by atomic mass is 10.3. The first-order valence-corrected chi connectivity index (χ1v) is 4.18. The van der Waals surface area contributed by atoms with Gasteiger partial charge < -0.3 is 14.8 Å². The molecule has 2 heterocycles. The van der Waals surface area contributed by atoms with Crippen LogP contribution in [0.25, 0.3) is 0 Å². The molecule has 1 aromatic rings. The minimum Gasteiger partial charge on any atom is -0.475 e. The van der Waals surface area contributed by atoms with E-state index >= 15 is 0 Å². The standard InChI is InChI=1S/C8H8ClN2O2/c1-10-5-4-6(9)11-8-7(5)12-2-3-13-8/h2,4H,3H2,1H3,(H,10,11). The van der Waals surface area contributed by atoms with Crippen LogP contribution in [0, 0.1) is 6.61 Å². The van der Waals surface area contributed by atoms with Crippen molar-refractivity contribution in [2.24, 2.45) is 0 Å². The number of nitrogens with one attached hydrogen (secondary N) is 1. The lowest BCUT2D eigenvalue weighted by molar-refractivity contribution is 0.216. The summed E-state index contributed by atoms with van der Waals surface area (Å²) in [6.45, 7) is 1.96. The highest BCUT2D eigenvalue weighted by Crippen LogP contribution is 2.37. The fourth-order valence-electron chi connectivity index (χ4n) is 1.11. The molecule has 0 bridgehead atoms. The van der Waals surface area contributed by atoms with Gasteiger partial charge in [0.2, 0.25) is 5.75 Å². The van der Waals surface area contributed by atoms with Crippen molar-refractivity contribution in [3.05, 3.63) is 17.8 Å². The van der Waals surface area contributed by atoms with Crippen LogP contribution in [0.2, 0.25) is 5.15 Å². The molecule has 1 radical (unpaired) electrons. The van der Waals surface area contributed by atoms with E-state index in [4.69, 9.17) is 21.1 Å². The van der Waals surface area contributed by atoms with Gasteiger partial charge in [0.15, 0.2) is 6.61 Å². The molecular formula is C8H8ClN2O2. The van der Waals surface area contributed by atoms with Crippen LogP contribution < -0.4 is 14.8 Å². The number of ether oxygens (including phenoxy) is 2. The van der Waals surface area contributed by atoms with Gasteiger partial charge in [0.25, 0.3) is 5.88 Å². The topological polar surface area (TPSA) is 43.4 Å². The summed E-state index contributed by atoms with van der Waals surface area (Å²) in [6.07, 6.45) is 0. The van der Waals surface area contributed by atoms with Crippen molar-refractivity contribution in [2.75, 3.05) is 19.0 Å². The number of fused-ring (bicyclic) bond motifs is 1. The minimum atomic E-state index is 0.383. The molecule has 0 saturated heterocycles. The Kier molecular flexibility index (Phi) is 2.14. The lowest BCUT2D eigenvalue weighted by Crippen LogP contribution is -2.13. The summed E-state index contributed by atoms with van der Waals surface area (Å²) in [5.41, 5.74) is 0.769. The third-order valence-electron chi connectivity index (χ3n) is 1.67. The van der Waals surface area contributed by atoms with Crippen LogP contribution in [0.4, 0.5) is 5.69 Å². The first kappa shape index (κ1) is 8.44. The van der Waals surface area contributed by atoms with Crippen molar-refractivity contribution in [2.45, 2.75) is 0 Å². The predicted molar refractivity (Wildman–Crippen MR) is 49.2 cm³/mol. The normalized spacial score (nSPS) is 14.0. The molecule has 1 N–H and O–H groups in total. The molecule has 0 aliphatic carbocycles. The molecule has 0 saturated carbocycles. The lowest BCUT2D eigenvalue weighted by Gasteiger charge is -2.19. The van der Waals surface area contributed by atoms with Gasteiger partial charge in [0.05, 0.1) is 5.69 Å². The Labute approximate surface area is 80.8 Å². The van der Waals surface area contributed by atoms with E-state index in [1.807, 2.05) is 0 Å². The molecule has 5 heteroatoms. The van der Waals surface area contributed by atoms with E-state index in [0.717, 1.165) is 5.69 Å². The molecule has 4 nitrogen and oxygen atoms in total. The number of hydrogen-bond acceptors (Lipinski definition) is 4. The quantitative estimate of drug-likeness (QED) is 0.700. The summed E-state index contributed by atoms with van der Waals surface area (Å²) in [7, 11) is 1.78. The summed E-state index contributed by atoms with van der Waals surface area (Å²) in [5, 5.41) is 3.33. The van der Waals surface area contributed by atoms with E-state index in [1.54, 1.807) is 19.7 Å². The van der Waals surface area contributed by atoms with Crippen molar-refractivity contribution >= 4 is 17.3 Å². The van der Waals surface area contributed by atoms with Crippen LogP contribution in [0.15, 0.2) is 6.07 Å². The Morgan fingerprint density at radius 2 is 2.46 bits per heavy atom. The van der Waals surface area contributed by atoms with Gasteiger partial charge in [-0.05, 0) is 0 Å². The molecule has 0 aromatic carbocycles. The zero-order valence-electron chi connectivity index (χ0n) is 7.00. The van der Waals surface area contributed by atoms with Gasteiger partial charge in [-0.1, -0.05) is 11.6 Å². The van der Waals surface area contributed by atoms with Crippen molar-refractivity contribution < 1.29 is 9.47 Å². The number of nitrogens with zero attached hydrogens (tertiary/aromatic N) is 1. The maximum Gasteiger partial charge on any atom is 0.260 e. The van der Waals surface area contributed by atoms with Crippen molar-refractivity contribution in [3.8, 4) is 11.6 Å². The van der Waals surface area contributed by atoms with Crippen molar-refractivity contribution in [1.29, 1.82) is 0 Å². The Balaban J connectivity index is 2.50. The van der Waals surface area contributed by atoms with Gasteiger partial charge in [-0.25, -0.2) is 0 Å². The van der Waals surface area contributed by atoms with Crippen LogP contribution >= 0.6 is 11.6 Å². The fourth-order valence-corrected chi connectivity index (χ4v) is 1.29. The van der Waals surface area contributed by atoms with Crippen LogP contribution in [-0.4, -0.2) is 18.6 Å². The Bertz CT molecular complexity index is 313. The number of pyridine rings is 1. The molecule has 0 atom stereocenters. The first-order valence-electron chi connectivity index (χ1n) is 3.80. The van der Waals surface area contributed by atoms with E-state index in [-0.39, 0.29) is 0 Å². The Morgan fingerprint density at radius 3 is 3.23 bits per heavy atom. The molecular weight excluding hydrogens is 192 g/mol. The molecule has 1 aliphatic heterocycles. The zero-order chi connectivity index (χ0) is 9.26. The zero-order valence-corrected chi connectivity index (χ0v) is 7.76. The molecule has 2 rings (SSSR count). The van der Waals surface area contributed by atoms with Crippen LogP contribution in [0.5, 0.6) is 11.6 Å². The maximum absolute atomic E-state index is 5.76. The van der Waals surface area contributed by atoms with Crippen LogP contribution in [0.1, 0.15) is 0 Å². The third kappa shape index (κ3) is 1.49. The maximum atomic E-state index is 5.76. The average Bonchev–Trinajstić information content (AvgIpc) is 2.16. The summed E-state index contributed by atoms with van der Waals surface area (Å²) < 4.78 is 10.5. The van der Waals surface area contributed by atoms with Crippen molar-refractivity contribution in [3.63, 3.8) is 0 Å². The highest BCUT2D eigenvalue weighted by atomic mass is 35.5. The first-order chi connectivity index (χ1) is 6.31. The molecule has 0 unspecified atom stereocenters. The van der Waals surface area contributed by atoms with Gasteiger partial charge in [-0.3, -0.25) is 0 Å². The molecule has 0 spiro atoms. The molecule has 1 aliphatic rings. The van der Waals surface area contributed by atoms with Crippen molar-refractivity contribution in [1.82, 2.24) is 4.98 Å². The second kappa shape index (κ2) is 3.30. The molecule has 0 fully saturated rings. The third-order valence-corrected chi connectivity index (χ3v) is 1.86. The van der Waals surface area contributed by atoms with E-state index < -0.39 is 0 Å². The van der Waals surface area contributed by atoms with Gasteiger partial charge in [-0.15, -0.1) is 0 Å². The molecule has 13 heavy (non-hydrogen) atoms. The molecule has 1 aromatic heterocycles. The SMILES string of the molecule is CNc1cc(Cl)nc2c1O[CH]CO2. The van der Waals surface area contributed by atoms with Gasteiger partial charge in [0.1, 0.15) is 11.8 Å². The summed E-state index contributed by atoms with van der Waals surface area (Å²) >= 11 is 5.76. The Hall–Kier alpha value is -1.16. The number of hydrogen-bond donors (Lipinski definition) is 1. The smallest absolute Gasteiger partial charge is 0.260 e. The van der Waals surface area contributed by atoms with Gasteiger partial charge in [-0.2, -0.15) is 4.98 Å². The van der Waals surface area contributed by atoms with E-state index in [0.29, 0.717) is 23.4 Å². The fraction of sp³-hybridized carbons (Fsp3) is 0.250. The minimum absolute atomic E-state index is 0.383. The number of anilines is 1. The summed E-state index contributed by atoms with van der Waals surface area (Å²) in [4.78, 5) is 3.98. The summed E-state index contributed by atoms with van der Waals surface area (Å²) in [5.74, 6) is 1.01.